The number of benzene rings is 2. The van der Waals surface area contributed by atoms with Crippen LogP contribution in [-0.4, -0.2) is 17.1 Å². The van der Waals surface area contributed by atoms with Crippen LogP contribution >= 0.6 is 0 Å². The van der Waals surface area contributed by atoms with Gasteiger partial charge in [-0.15, -0.1) is 0 Å². The van der Waals surface area contributed by atoms with Crippen molar-refractivity contribution in [3.8, 4) is 5.75 Å². The Hall–Kier alpha value is -2.88. The number of pyridine rings is 1. The van der Waals surface area contributed by atoms with E-state index in [0.29, 0.717) is 5.56 Å². The molecule has 4 heteroatoms. The van der Waals surface area contributed by atoms with Gasteiger partial charge in [-0.25, -0.2) is 9.37 Å². The lowest BCUT2D eigenvalue weighted by molar-refractivity contribution is 0.474. The van der Waals surface area contributed by atoms with Crippen molar-refractivity contribution in [1.29, 1.82) is 0 Å². The lowest BCUT2D eigenvalue weighted by atomic mass is 10.1. The first-order valence-corrected chi connectivity index (χ1v) is 7.34. The molecule has 116 valence electrons. The third-order valence-corrected chi connectivity index (χ3v) is 3.68. The van der Waals surface area contributed by atoms with Crippen molar-refractivity contribution in [2.75, 3.05) is 12.4 Å². The number of nitrogens with zero attached hydrogens (tertiary/aromatic N) is 1. The molecule has 23 heavy (non-hydrogen) atoms. The van der Waals surface area contributed by atoms with Gasteiger partial charge in [0.2, 0.25) is 0 Å². The number of phenolic OH excluding ortho intramolecular Hbond substituents is 1. The average Bonchev–Trinajstić information content (AvgIpc) is 2.60. The minimum atomic E-state index is -0.473. The van der Waals surface area contributed by atoms with Gasteiger partial charge in [0.15, 0.2) is 0 Å². The van der Waals surface area contributed by atoms with Gasteiger partial charge in [0, 0.05) is 29.8 Å². The van der Waals surface area contributed by atoms with E-state index < -0.39 is 6.67 Å². The summed E-state index contributed by atoms with van der Waals surface area (Å²) in [5, 5.41) is 13.9. The third-order valence-electron chi connectivity index (χ3n) is 3.68. The summed E-state index contributed by atoms with van der Waals surface area (Å²) in [6, 6.07) is 14.6. The number of hydrogen-bond donors (Lipinski definition) is 2. The van der Waals surface area contributed by atoms with E-state index in [2.05, 4.69) is 10.3 Å². The summed E-state index contributed by atoms with van der Waals surface area (Å²) in [6.07, 6.45) is 3.66. The quantitative estimate of drug-likeness (QED) is 0.739. The molecule has 3 aromatic rings. The van der Waals surface area contributed by atoms with E-state index in [1.54, 1.807) is 25.2 Å². The number of anilines is 1. The summed E-state index contributed by atoms with van der Waals surface area (Å²) in [6.45, 7) is -0.473. The van der Waals surface area contributed by atoms with Gasteiger partial charge in [-0.05, 0) is 48.0 Å². The number of rotatable bonds is 4. The highest BCUT2D eigenvalue weighted by molar-refractivity contribution is 5.82. The smallest absolute Gasteiger partial charge is 0.124 e. The first kappa shape index (κ1) is 15.0. The van der Waals surface area contributed by atoms with E-state index in [1.165, 1.54) is 0 Å². The van der Waals surface area contributed by atoms with E-state index >= 15 is 0 Å². The van der Waals surface area contributed by atoms with E-state index in [4.69, 9.17) is 0 Å². The zero-order chi connectivity index (χ0) is 16.2. The first-order chi connectivity index (χ1) is 11.2. The molecule has 0 radical (unpaired) electrons. The van der Waals surface area contributed by atoms with E-state index in [1.807, 2.05) is 42.5 Å². The summed E-state index contributed by atoms with van der Waals surface area (Å²) in [5.74, 6) is 0.210. The molecule has 0 saturated carbocycles. The van der Waals surface area contributed by atoms with Gasteiger partial charge in [0.25, 0.3) is 0 Å². The highest BCUT2D eigenvalue weighted by atomic mass is 19.1. The summed E-state index contributed by atoms with van der Waals surface area (Å²) >= 11 is 0. The molecule has 3 rings (SSSR count). The van der Waals surface area contributed by atoms with Gasteiger partial charge in [-0.3, -0.25) is 0 Å². The van der Waals surface area contributed by atoms with Crippen LogP contribution in [0.15, 0.2) is 48.5 Å². The molecule has 0 spiro atoms. The fourth-order valence-corrected chi connectivity index (χ4v) is 2.38. The molecule has 0 amide bonds. The molecule has 0 atom stereocenters. The highest BCUT2D eigenvalue weighted by Crippen LogP contribution is 2.24. The van der Waals surface area contributed by atoms with Gasteiger partial charge in [0.1, 0.15) is 12.4 Å². The number of aromatic hydroxyl groups is 1. The third kappa shape index (κ3) is 3.31. The SMILES string of the molecule is CNc1ccc(/C=C/c2ccc3cc(CF)ccc3n2)c(O)c1. The molecule has 0 aliphatic rings. The molecular weight excluding hydrogens is 291 g/mol. The Balaban J connectivity index is 1.89. The normalized spacial score (nSPS) is 11.2. The van der Waals surface area contributed by atoms with Crippen molar-refractivity contribution >= 4 is 28.7 Å². The zero-order valence-corrected chi connectivity index (χ0v) is 12.8. The fourth-order valence-electron chi connectivity index (χ4n) is 2.38. The summed E-state index contributed by atoms with van der Waals surface area (Å²) < 4.78 is 12.7. The topological polar surface area (TPSA) is 45.2 Å². The average molecular weight is 308 g/mol. The van der Waals surface area contributed by atoms with Crippen molar-refractivity contribution in [2.45, 2.75) is 6.67 Å². The van der Waals surface area contributed by atoms with Crippen LogP contribution in [0.4, 0.5) is 10.1 Å². The Labute approximate surface area is 134 Å². The van der Waals surface area contributed by atoms with Crippen molar-refractivity contribution < 1.29 is 9.50 Å². The van der Waals surface area contributed by atoms with Crippen LogP contribution in [0.2, 0.25) is 0 Å². The minimum Gasteiger partial charge on any atom is -0.507 e. The number of fused-ring (bicyclic) bond motifs is 1. The molecule has 2 aromatic carbocycles. The van der Waals surface area contributed by atoms with Crippen molar-refractivity contribution in [1.82, 2.24) is 4.98 Å². The van der Waals surface area contributed by atoms with Gasteiger partial charge in [-0.1, -0.05) is 12.1 Å². The number of alkyl halides is 1. The second-order valence-electron chi connectivity index (χ2n) is 5.25. The van der Waals surface area contributed by atoms with Gasteiger partial charge >= 0.3 is 0 Å². The molecule has 1 heterocycles. The van der Waals surface area contributed by atoms with Crippen LogP contribution in [-0.2, 0) is 6.67 Å². The maximum atomic E-state index is 12.7. The molecule has 0 fully saturated rings. The summed E-state index contributed by atoms with van der Waals surface area (Å²) in [7, 11) is 1.80. The summed E-state index contributed by atoms with van der Waals surface area (Å²) in [5.41, 5.74) is 3.82. The molecule has 0 unspecified atom stereocenters. The second kappa shape index (κ2) is 6.48. The van der Waals surface area contributed by atoms with Gasteiger partial charge < -0.3 is 10.4 Å². The minimum absolute atomic E-state index is 0.210. The lowest BCUT2D eigenvalue weighted by Gasteiger charge is -2.04. The number of nitrogens with one attached hydrogen (secondary N) is 1. The predicted octanol–water partition coefficient (Wildman–Crippen LogP) is 4.62. The maximum Gasteiger partial charge on any atom is 0.124 e. The van der Waals surface area contributed by atoms with Crippen LogP contribution in [0.3, 0.4) is 0 Å². The zero-order valence-electron chi connectivity index (χ0n) is 12.8. The van der Waals surface area contributed by atoms with Crippen molar-refractivity contribution in [3.63, 3.8) is 0 Å². The van der Waals surface area contributed by atoms with Crippen LogP contribution in [0, 0.1) is 0 Å². The molecule has 0 bridgehead atoms. The molecule has 1 aromatic heterocycles. The number of phenols is 1. The largest absolute Gasteiger partial charge is 0.507 e. The second-order valence-corrected chi connectivity index (χ2v) is 5.25. The van der Waals surface area contributed by atoms with Crippen LogP contribution in [0.1, 0.15) is 16.8 Å². The van der Waals surface area contributed by atoms with Gasteiger partial charge in [0.05, 0.1) is 11.2 Å². The van der Waals surface area contributed by atoms with Crippen molar-refractivity contribution in [2.24, 2.45) is 0 Å². The molecule has 3 nitrogen and oxygen atoms in total. The molecule has 2 N–H and O–H groups in total. The van der Waals surface area contributed by atoms with E-state index in [-0.39, 0.29) is 5.75 Å². The molecular formula is C19H17FN2O. The van der Waals surface area contributed by atoms with E-state index in [9.17, 15) is 9.50 Å². The van der Waals surface area contributed by atoms with Crippen molar-refractivity contribution in [3.05, 3.63) is 65.4 Å². The maximum absolute atomic E-state index is 12.7. The Kier molecular flexibility index (Phi) is 4.24. The fraction of sp³-hybridized carbons (Fsp3) is 0.105. The standard InChI is InChI=1S/C19H17FN2O/c1-21-17-8-4-14(19(23)11-17)3-6-16-7-5-15-10-13(12-20)2-9-18(15)22-16/h2-11,21,23H,12H2,1H3/b6-3+. The van der Waals surface area contributed by atoms with E-state index in [0.717, 1.165) is 27.8 Å². The molecule has 0 aliphatic heterocycles. The molecule has 0 aliphatic carbocycles. The first-order valence-electron chi connectivity index (χ1n) is 7.34. The Bertz CT molecular complexity index is 874. The predicted molar refractivity (Wildman–Crippen MR) is 93.1 cm³/mol. The molecule has 0 saturated heterocycles. The number of aromatic nitrogens is 1. The Morgan fingerprint density at radius 3 is 2.70 bits per heavy atom. The Morgan fingerprint density at radius 2 is 1.96 bits per heavy atom. The lowest BCUT2D eigenvalue weighted by Crippen LogP contribution is -1.88. The van der Waals surface area contributed by atoms with Crippen LogP contribution in [0.5, 0.6) is 5.75 Å². The van der Waals surface area contributed by atoms with Crippen LogP contribution in [0.25, 0.3) is 23.1 Å². The number of hydrogen-bond acceptors (Lipinski definition) is 3. The van der Waals surface area contributed by atoms with Crippen LogP contribution < -0.4 is 5.32 Å². The highest BCUT2D eigenvalue weighted by Gasteiger charge is 2.01. The number of halogens is 1. The summed E-state index contributed by atoms with van der Waals surface area (Å²) in [4.78, 5) is 4.53. The van der Waals surface area contributed by atoms with Gasteiger partial charge in [-0.2, -0.15) is 0 Å². The monoisotopic (exact) mass is 308 g/mol. The Morgan fingerprint density at radius 1 is 1.09 bits per heavy atom.